The number of fused-ring (bicyclic) bond motifs is 1. The van der Waals surface area contributed by atoms with Crippen molar-refractivity contribution in [3.63, 3.8) is 0 Å². The second kappa shape index (κ2) is 11.4. The summed E-state index contributed by atoms with van der Waals surface area (Å²) in [5.74, 6) is -0.977. The van der Waals surface area contributed by atoms with Gasteiger partial charge in [-0.2, -0.15) is 4.72 Å². The van der Waals surface area contributed by atoms with E-state index in [1.807, 2.05) is 13.0 Å². The number of aliphatic carboxylic acids is 1. The molecular formula is C27H33N5O5S. The lowest BCUT2D eigenvalue weighted by atomic mass is 10.1. The number of aryl methyl sites for hydroxylation is 6. The summed E-state index contributed by atoms with van der Waals surface area (Å²) in [6, 6.07) is 7.74. The standard InChI is InChI=1S/C27H33N5O5S/c1-16-11-17(2)24(18(3)12-16)38(36,37)32-23(27(34)35)15-30-26(33)22-13-19(14-29-22)6-8-21-9-7-20-5-4-10-28-25(20)31-21/h7,9,11-14,23,29,32H,4-6,8,10,15H2,1-3H3,(H,28,31)(H,30,33)(H,34,35). The maximum Gasteiger partial charge on any atom is 0.323 e. The molecule has 0 fully saturated rings. The molecule has 3 aromatic rings. The molecule has 5 N–H and O–H groups in total. The molecule has 1 atom stereocenters. The Hall–Kier alpha value is -3.70. The molecule has 0 radical (unpaired) electrons. The molecule has 4 rings (SSSR count). The van der Waals surface area contributed by atoms with Crippen LogP contribution in [0.4, 0.5) is 5.82 Å². The smallest absolute Gasteiger partial charge is 0.323 e. The highest BCUT2D eigenvalue weighted by Crippen LogP contribution is 2.22. The van der Waals surface area contributed by atoms with E-state index in [1.165, 1.54) is 5.56 Å². The van der Waals surface area contributed by atoms with E-state index in [2.05, 4.69) is 31.4 Å². The minimum Gasteiger partial charge on any atom is -0.480 e. The quantitative estimate of drug-likeness (QED) is 0.265. The summed E-state index contributed by atoms with van der Waals surface area (Å²) in [5, 5.41) is 15.5. The zero-order chi connectivity index (χ0) is 27.4. The van der Waals surface area contributed by atoms with Gasteiger partial charge in [0.25, 0.3) is 5.91 Å². The topological polar surface area (TPSA) is 153 Å². The van der Waals surface area contributed by atoms with Gasteiger partial charge in [-0.05, 0) is 80.8 Å². The molecule has 1 aliphatic rings. The summed E-state index contributed by atoms with van der Waals surface area (Å²) in [7, 11) is -4.13. The number of carbonyl (C=O) groups is 2. The number of H-pyrrole nitrogens is 1. The van der Waals surface area contributed by atoms with Crippen molar-refractivity contribution < 1.29 is 23.1 Å². The maximum absolute atomic E-state index is 13.0. The number of anilines is 1. The van der Waals surface area contributed by atoms with Crippen molar-refractivity contribution >= 4 is 27.7 Å². The first-order chi connectivity index (χ1) is 18.0. The van der Waals surface area contributed by atoms with Crippen molar-refractivity contribution in [1.29, 1.82) is 0 Å². The van der Waals surface area contributed by atoms with Crippen LogP contribution in [0.3, 0.4) is 0 Å². The highest BCUT2D eigenvalue weighted by molar-refractivity contribution is 7.89. The number of pyridine rings is 1. The van der Waals surface area contributed by atoms with Gasteiger partial charge in [0.15, 0.2) is 0 Å². The molecule has 202 valence electrons. The number of carboxylic acid groups (broad SMARTS) is 1. The fraction of sp³-hybridized carbons (Fsp3) is 0.370. The van der Waals surface area contributed by atoms with Crippen molar-refractivity contribution in [2.75, 3.05) is 18.4 Å². The van der Waals surface area contributed by atoms with Crippen LogP contribution in [0.1, 0.15) is 50.4 Å². The summed E-state index contributed by atoms with van der Waals surface area (Å²) < 4.78 is 28.2. The third-order valence-electron chi connectivity index (χ3n) is 6.54. The van der Waals surface area contributed by atoms with Gasteiger partial charge >= 0.3 is 5.97 Å². The Bertz CT molecular complexity index is 1440. The minimum absolute atomic E-state index is 0.0406. The van der Waals surface area contributed by atoms with Crippen LogP contribution >= 0.6 is 0 Å². The van der Waals surface area contributed by atoms with E-state index in [-0.39, 0.29) is 10.6 Å². The van der Waals surface area contributed by atoms with Gasteiger partial charge in [-0.3, -0.25) is 9.59 Å². The zero-order valence-corrected chi connectivity index (χ0v) is 22.5. The summed E-state index contributed by atoms with van der Waals surface area (Å²) in [5.41, 5.74) is 5.29. The predicted molar refractivity (Wildman–Crippen MR) is 144 cm³/mol. The van der Waals surface area contributed by atoms with E-state index in [9.17, 15) is 23.1 Å². The number of amides is 1. The van der Waals surface area contributed by atoms with Crippen LogP contribution in [0.25, 0.3) is 0 Å². The first-order valence-electron chi connectivity index (χ1n) is 12.5. The highest BCUT2D eigenvalue weighted by Gasteiger charge is 2.28. The first kappa shape index (κ1) is 27.3. The number of rotatable bonds is 10. The Labute approximate surface area is 222 Å². The third kappa shape index (κ3) is 6.40. The van der Waals surface area contributed by atoms with Crippen LogP contribution in [0, 0.1) is 20.8 Å². The fourth-order valence-electron chi connectivity index (χ4n) is 4.80. The van der Waals surface area contributed by atoms with Crippen molar-refractivity contribution in [1.82, 2.24) is 20.0 Å². The Balaban J connectivity index is 1.35. The molecule has 11 heteroatoms. The molecule has 0 saturated carbocycles. The molecule has 1 aromatic carbocycles. The lowest BCUT2D eigenvalue weighted by molar-refractivity contribution is -0.138. The number of hydrogen-bond acceptors (Lipinski definition) is 6. The van der Waals surface area contributed by atoms with E-state index in [0.717, 1.165) is 42.0 Å². The molecule has 0 saturated heterocycles. The van der Waals surface area contributed by atoms with Gasteiger partial charge in [0.05, 0.1) is 4.90 Å². The SMILES string of the molecule is Cc1cc(C)c(S(=O)(=O)NC(CNC(=O)c2cc(CCc3ccc4c(n3)NCCC4)c[nH]2)C(=O)O)c(C)c1. The Morgan fingerprint density at radius 2 is 1.84 bits per heavy atom. The Morgan fingerprint density at radius 3 is 2.55 bits per heavy atom. The van der Waals surface area contributed by atoms with Gasteiger partial charge in [0.1, 0.15) is 17.6 Å². The summed E-state index contributed by atoms with van der Waals surface area (Å²) in [6.07, 6.45) is 5.23. The number of sulfonamides is 1. The molecule has 0 spiro atoms. The lowest BCUT2D eigenvalue weighted by Crippen LogP contribution is -2.48. The van der Waals surface area contributed by atoms with E-state index in [4.69, 9.17) is 0 Å². The number of carboxylic acids is 1. The van der Waals surface area contributed by atoms with Gasteiger partial charge in [-0.25, -0.2) is 13.4 Å². The van der Waals surface area contributed by atoms with Crippen molar-refractivity contribution in [2.24, 2.45) is 0 Å². The third-order valence-corrected chi connectivity index (χ3v) is 8.32. The van der Waals surface area contributed by atoms with Gasteiger partial charge < -0.3 is 20.7 Å². The fourth-order valence-corrected chi connectivity index (χ4v) is 6.44. The largest absolute Gasteiger partial charge is 0.480 e. The minimum atomic E-state index is -4.13. The molecule has 2 aromatic heterocycles. The molecule has 1 aliphatic heterocycles. The zero-order valence-electron chi connectivity index (χ0n) is 21.7. The van der Waals surface area contributed by atoms with Crippen molar-refractivity contribution in [3.05, 3.63) is 75.7 Å². The maximum atomic E-state index is 13.0. The van der Waals surface area contributed by atoms with Gasteiger partial charge in [0, 0.05) is 25.0 Å². The molecule has 38 heavy (non-hydrogen) atoms. The van der Waals surface area contributed by atoms with E-state index in [1.54, 1.807) is 38.2 Å². The number of aromatic nitrogens is 2. The molecule has 1 unspecified atom stereocenters. The molecule has 3 heterocycles. The lowest BCUT2D eigenvalue weighted by Gasteiger charge is -2.18. The highest BCUT2D eigenvalue weighted by atomic mass is 32.2. The van der Waals surface area contributed by atoms with E-state index < -0.39 is 34.5 Å². The Kier molecular flexibility index (Phi) is 8.17. The normalized spacial score (nSPS) is 13.9. The van der Waals surface area contributed by atoms with Gasteiger partial charge in [-0.1, -0.05) is 23.8 Å². The van der Waals surface area contributed by atoms with Gasteiger partial charge in [-0.15, -0.1) is 0 Å². The Morgan fingerprint density at radius 1 is 1.11 bits per heavy atom. The molecular weight excluding hydrogens is 506 g/mol. The average molecular weight is 540 g/mol. The number of hydrogen-bond donors (Lipinski definition) is 5. The summed E-state index contributed by atoms with van der Waals surface area (Å²) in [4.78, 5) is 32.1. The van der Waals surface area contributed by atoms with Crippen LogP contribution in [0.5, 0.6) is 0 Å². The number of nitrogens with one attached hydrogen (secondary N) is 4. The van der Waals surface area contributed by atoms with Crippen LogP contribution in [-0.4, -0.2) is 54.5 Å². The molecule has 0 aliphatic carbocycles. The predicted octanol–water partition coefficient (Wildman–Crippen LogP) is 2.64. The monoisotopic (exact) mass is 539 g/mol. The van der Waals surface area contributed by atoms with Crippen LogP contribution in [-0.2, 0) is 34.1 Å². The summed E-state index contributed by atoms with van der Waals surface area (Å²) >= 11 is 0. The van der Waals surface area contributed by atoms with Crippen LogP contribution < -0.4 is 15.4 Å². The second-order valence-electron chi connectivity index (χ2n) is 9.71. The van der Waals surface area contributed by atoms with E-state index >= 15 is 0 Å². The summed E-state index contributed by atoms with van der Waals surface area (Å²) in [6.45, 7) is 5.68. The average Bonchev–Trinajstić information content (AvgIpc) is 3.33. The van der Waals surface area contributed by atoms with Gasteiger partial charge in [0.2, 0.25) is 10.0 Å². The van der Waals surface area contributed by atoms with E-state index in [0.29, 0.717) is 24.0 Å². The van der Waals surface area contributed by atoms with Crippen molar-refractivity contribution in [3.8, 4) is 0 Å². The second-order valence-corrected chi connectivity index (χ2v) is 11.4. The number of benzene rings is 1. The first-order valence-corrected chi connectivity index (χ1v) is 14.0. The molecule has 0 bridgehead atoms. The number of aromatic amines is 1. The molecule has 10 nitrogen and oxygen atoms in total. The van der Waals surface area contributed by atoms with Crippen LogP contribution in [0.2, 0.25) is 0 Å². The van der Waals surface area contributed by atoms with Crippen molar-refractivity contribution in [2.45, 2.75) is 57.4 Å². The molecule has 1 amide bonds. The number of carbonyl (C=O) groups excluding carboxylic acids is 1. The van der Waals surface area contributed by atoms with Crippen LogP contribution in [0.15, 0.2) is 41.4 Å². The number of nitrogens with zero attached hydrogens (tertiary/aromatic N) is 1.